The molecule has 2 rings (SSSR count). The van der Waals surface area contributed by atoms with E-state index in [0.29, 0.717) is 19.4 Å². The maximum atomic E-state index is 12.0. The Kier molecular flexibility index (Phi) is 3.94. The lowest BCUT2D eigenvalue weighted by atomic mass is 10.0. The third-order valence-electron chi connectivity index (χ3n) is 3.01. The summed E-state index contributed by atoms with van der Waals surface area (Å²) >= 11 is 0. The van der Waals surface area contributed by atoms with Crippen molar-refractivity contribution in [3.63, 3.8) is 0 Å². The van der Waals surface area contributed by atoms with Gasteiger partial charge in [0.1, 0.15) is 12.1 Å². The summed E-state index contributed by atoms with van der Waals surface area (Å²) in [5.41, 5.74) is 6.19. The summed E-state index contributed by atoms with van der Waals surface area (Å²) in [7, 11) is 0. The van der Waals surface area contributed by atoms with Crippen LogP contribution in [0.4, 0.5) is 0 Å². The number of hydrogen-bond acceptors (Lipinski definition) is 3. The number of piperazine rings is 1. The van der Waals surface area contributed by atoms with Crippen molar-refractivity contribution < 1.29 is 9.59 Å². The molecule has 4 N–H and O–H groups in total. The maximum absolute atomic E-state index is 12.0. The summed E-state index contributed by atoms with van der Waals surface area (Å²) in [6.07, 6.45) is 1.30. The lowest BCUT2D eigenvalue weighted by Crippen LogP contribution is -2.57. The molecule has 0 radical (unpaired) electrons. The fraction of sp³-hybridized carbons (Fsp3) is 0.385. The van der Waals surface area contributed by atoms with Crippen LogP contribution in [0.3, 0.4) is 0 Å². The Morgan fingerprint density at radius 1 is 1.06 bits per heavy atom. The van der Waals surface area contributed by atoms with Crippen LogP contribution in [0.1, 0.15) is 24.4 Å². The Hall–Kier alpha value is -1.88. The number of carbonyl (C=O) groups excluding carboxylic acids is 2. The van der Waals surface area contributed by atoms with Gasteiger partial charge in [0.05, 0.1) is 0 Å². The van der Waals surface area contributed by atoms with Gasteiger partial charge in [-0.25, -0.2) is 0 Å². The van der Waals surface area contributed by atoms with Gasteiger partial charge < -0.3 is 16.4 Å². The fourth-order valence-electron chi connectivity index (χ4n) is 2.03. The van der Waals surface area contributed by atoms with Crippen LogP contribution >= 0.6 is 0 Å². The number of carbonyl (C=O) groups is 2. The van der Waals surface area contributed by atoms with Gasteiger partial charge in [0, 0.05) is 0 Å². The van der Waals surface area contributed by atoms with E-state index in [2.05, 4.69) is 10.6 Å². The van der Waals surface area contributed by atoms with E-state index >= 15 is 0 Å². The van der Waals surface area contributed by atoms with Crippen molar-refractivity contribution in [1.29, 1.82) is 0 Å². The molecule has 0 spiro atoms. The van der Waals surface area contributed by atoms with E-state index in [0.717, 1.165) is 5.56 Å². The summed E-state index contributed by atoms with van der Waals surface area (Å²) in [6, 6.07) is 8.16. The van der Waals surface area contributed by atoms with Crippen LogP contribution in [0.2, 0.25) is 0 Å². The van der Waals surface area contributed by atoms with Crippen molar-refractivity contribution >= 4 is 11.8 Å². The zero-order chi connectivity index (χ0) is 13.0. The quantitative estimate of drug-likeness (QED) is 0.704. The minimum absolute atomic E-state index is 0.142. The highest BCUT2D eigenvalue weighted by Gasteiger charge is 2.33. The van der Waals surface area contributed by atoms with Crippen LogP contribution in [0, 0.1) is 0 Å². The van der Waals surface area contributed by atoms with Crippen molar-refractivity contribution in [3.8, 4) is 0 Å². The molecule has 5 nitrogen and oxygen atoms in total. The molecule has 5 heteroatoms. The molecule has 1 aromatic rings. The zero-order valence-electron chi connectivity index (χ0n) is 10.1. The summed E-state index contributed by atoms with van der Waals surface area (Å²) in [5, 5.41) is 5.49. The van der Waals surface area contributed by atoms with Gasteiger partial charge in [-0.1, -0.05) is 30.3 Å². The first-order valence-electron chi connectivity index (χ1n) is 6.08. The van der Waals surface area contributed by atoms with Gasteiger partial charge in [-0.2, -0.15) is 0 Å². The van der Waals surface area contributed by atoms with E-state index in [1.165, 1.54) is 0 Å². The SMILES string of the molecule is NCCC[C@@H]1NC(=O)[C@@H](c2ccccc2)NC1=O. The third kappa shape index (κ3) is 2.68. The van der Waals surface area contributed by atoms with E-state index < -0.39 is 12.1 Å². The number of benzene rings is 1. The van der Waals surface area contributed by atoms with Crippen LogP contribution < -0.4 is 16.4 Å². The highest BCUT2D eigenvalue weighted by Crippen LogP contribution is 2.17. The van der Waals surface area contributed by atoms with Crippen molar-refractivity contribution in [2.24, 2.45) is 5.73 Å². The number of hydrogen-bond donors (Lipinski definition) is 3. The molecule has 1 aromatic carbocycles. The third-order valence-corrected chi connectivity index (χ3v) is 3.01. The molecule has 0 aliphatic carbocycles. The minimum Gasteiger partial charge on any atom is -0.342 e. The van der Waals surface area contributed by atoms with Crippen LogP contribution in [-0.2, 0) is 9.59 Å². The Morgan fingerprint density at radius 3 is 2.44 bits per heavy atom. The van der Waals surface area contributed by atoms with Gasteiger partial charge in [-0.05, 0) is 24.9 Å². The second kappa shape index (κ2) is 5.64. The highest BCUT2D eigenvalue weighted by atomic mass is 16.2. The number of amides is 2. The summed E-state index contributed by atoms with van der Waals surface area (Å²) in [5.74, 6) is -0.306. The van der Waals surface area contributed by atoms with Crippen molar-refractivity contribution in [2.75, 3.05) is 6.54 Å². The van der Waals surface area contributed by atoms with Gasteiger partial charge in [0.25, 0.3) is 0 Å². The summed E-state index contributed by atoms with van der Waals surface area (Å²) in [6.45, 7) is 0.516. The second-order valence-electron chi connectivity index (χ2n) is 4.34. The lowest BCUT2D eigenvalue weighted by molar-refractivity contribution is -0.137. The monoisotopic (exact) mass is 247 g/mol. The van der Waals surface area contributed by atoms with E-state index in [9.17, 15) is 9.59 Å². The predicted molar refractivity (Wildman–Crippen MR) is 67.5 cm³/mol. The van der Waals surface area contributed by atoms with Crippen molar-refractivity contribution in [1.82, 2.24) is 10.6 Å². The number of rotatable bonds is 4. The summed E-state index contributed by atoms with van der Waals surface area (Å²) in [4.78, 5) is 23.8. The van der Waals surface area contributed by atoms with Gasteiger partial charge in [0.15, 0.2) is 0 Å². The molecule has 1 aliphatic heterocycles. The highest BCUT2D eigenvalue weighted by molar-refractivity contribution is 5.97. The molecule has 2 amide bonds. The maximum Gasteiger partial charge on any atom is 0.247 e. The first-order chi connectivity index (χ1) is 8.72. The van der Waals surface area contributed by atoms with Crippen LogP contribution in [0.5, 0.6) is 0 Å². The number of nitrogens with one attached hydrogen (secondary N) is 2. The normalized spacial score (nSPS) is 23.4. The Balaban J connectivity index is 2.06. The molecule has 1 fully saturated rings. The first kappa shape index (κ1) is 12.6. The topological polar surface area (TPSA) is 84.2 Å². The van der Waals surface area contributed by atoms with Crippen molar-refractivity contribution in [2.45, 2.75) is 24.9 Å². The average molecular weight is 247 g/mol. The molecular formula is C13H17N3O2. The van der Waals surface area contributed by atoms with Gasteiger partial charge >= 0.3 is 0 Å². The van der Waals surface area contributed by atoms with Crippen molar-refractivity contribution in [3.05, 3.63) is 35.9 Å². The Labute approximate surface area is 106 Å². The summed E-state index contributed by atoms with van der Waals surface area (Å²) < 4.78 is 0. The second-order valence-corrected chi connectivity index (χ2v) is 4.34. The molecule has 0 aromatic heterocycles. The largest absolute Gasteiger partial charge is 0.342 e. The standard InChI is InChI=1S/C13H17N3O2/c14-8-4-7-10-12(17)16-11(13(18)15-10)9-5-2-1-3-6-9/h1-3,5-6,10-11H,4,7-8,14H2,(H,15,18)(H,16,17)/t10-,11+/m0/s1. The molecule has 18 heavy (non-hydrogen) atoms. The van der Waals surface area contributed by atoms with Gasteiger partial charge in [-0.3, -0.25) is 9.59 Å². The molecule has 0 unspecified atom stereocenters. The molecule has 96 valence electrons. The average Bonchev–Trinajstić information content (AvgIpc) is 2.40. The molecule has 1 heterocycles. The van der Waals surface area contributed by atoms with Crippen LogP contribution in [0.15, 0.2) is 30.3 Å². The van der Waals surface area contributed by atoms with E-state index in [1.807, 2.05) is 30.3 Å². The van der Waals surface area contributed by atoms with E-state index in [1.54, 1.807) is 0 Å². The van der Waals surface area contributed by atoms with E-state index in [-0.39, 0.29) is 11.8 Å². The van der Waals surface area contributed by atoms with Gasteiger partial charge in [0.2, 0.25) is 11.8 Å². The molecule has 0 bridgehead atoms. The Morgan fingerprint density at radius 2 is 1.78 bits per heavy atom. The zero-order valence-corrected chi connectivity index (χ0v) is 10.1. The minimum atomic E-state index is -0.590. The predicted octanol–water partition coefficient (Wildman–Crippen LogP) is 0.0812. The number of nitrogens with two attached hydrogens (primary N) is 1. The molecular weight excluding hydrogens is 230 g/mol. The molecule has 2 atom stereocenters. The lowest BCUT2D eigenvalue weighted by Gasteiger charge is -2.29. The fourth-order valence-corrected chi connectivity index (χ4v) is 2.03. The molecule has 1 saturated heterocycles. The van der Waals surface area contributed by atoms with Gasteiger partial charge in [-0.15, -0.1) is 0 Å². The smallest absolute Gasteiger partial charge is 0.247 e. The van der Waals surface area contributed by atoms with E-state index in [4.69, 9.17) is 5.73 Å². The van der Waals surface area contributed by atoms with Crippen LogP contribution in [-0.4, -0.2) is 24.4 Å². The first-order valence-corrected chi connectivity index (χ1v) is 6.08. The molecule has 0 saturated carbocycles. The van der Waals surface area contributed by atoms with Crippen LogP contribution in [0.25, 0.3) is 0 Å². The molecule has 1 aliphatic rings. The Bertz CT molecular complexity index is 433.